The van der Waals surface area contributed by atoms with Gasteiger partial charge in [-0.25, -0.2) is 8.42 Å². The smallest absolute Gasteiger partial charge is 0.366 e. The first-order valence-electron chi connectivity index (χ1n) is 6.39. The van der Waals surface area contributed by atoms with Gasteiger partial charge in [-0.2, -0.15) is 17.5 Å². The number of aromatic nitrogens is 1. The van der Waals surface area contributed by atoms with Crippen molar-refractivity contribution in [1.82, 2.24) is 9.29 Å². The molecule has 0 atom stereocenters. The minimum Gasteiger partial charge on any atom is -0.366 e. The van der Waals surface area contributed by atoms with Gasteiger partial charge in [0.25, 0.3) is 0 Å². The highest BCUT2D eigenvalue weighted by Crippen LogP contribution is 2.25. The minimum atomic E-state index is -4.68. The quantitative estimate of drug-likeness (QED) is 0.870. The average molecular weight is 326 g/mol. The van der Waals surface area contributed by atoms with Gasteiger partial charge in [-0.3, -0.25) is 4.79 Å². The Morgan fingerprint density at radius 1 is 1.29 bits per heavy atom. The number of pyridine rings is 1. The molecule has 120 valence electrons. The number of hydrogen-bond donors (Lipinski definition) is 1. The molecule has 21 heavy (non-hydrogen) atoms. The van der Waals surface area contributed by atoms with Crippen LogP contribution in [0.5, 0.6) is 0 Å². The lowest BCUT2D eigenvalue weighted by atomic mass is 10.2. The molecule has 1 aromatic rings. The molecule has 1 aromatic heterocycles. The Labute approximate surface area is 120 Å². The van der Waals surface area contributed by atoms with E-state index in [9.17, 15) is 26.4 Å². The fraction of sp³-hybridized carbons (Fsp3) is 0.583. The molecule has 0 amide bonds. The van der Waals surface area contributed by atoms with Crippen LogP contribution in [0, 0.1) is 0 Å². The Kier molecular flexibility index (Phi) is 5.57. The maximum Gasteiger partial charge on any atom is 0.402 e. The zero-order chi connectivity index (χ0) is 16.3. The van der Waals surface area contributed by atoms with Crippen LogP contribution >= 0.6 is 0 Å². The molecular formula is C12H17F3N2O3S. The molecule has 0 fully saturated rings. The second-order valence-electron chi connectivity index (χ2n) is 4.51. The van der Waals surface area contributed by atoms with Crippen LogP contribution in [0.1, 0.15) is 26.7 Å². The zero-order valence-corrected chi connectivity index (χ0v) is 12.5. The zero-order valence-electron chi connectivity index (χ0n) is 11.6. The molecule has 0 aliphatic carbocycles. The molecule has 5 nitrogen and oxygen atoms in total. The van der Waals surface area contributed by atoms with Gasteiger partial charge in [-0.15, -0.1) is 0 Å². The third-order valence-corrected chi connectivity index (χ3v) is 4.98. The van der Waals surface area contributed by atoms with Gasteiger partial charge in [0, 0.05) is 24.5 Å². The molecule has 0 aliphatic rings. The van der Waals surface area contributed by atoms with Crippen molar-refractivity contribution in [3.63, 3.8) is 0 Å². The van der Waals surface area contributed by atoms with Gasteiger partial charge in [0.05, 0.1) is 0 Å². The first kappa shape index (κ1) is 17.7. The Morgan fingerprint density at radius 2 is 1.86 bits per heavy atom. The van der Waals surface area contributed by atoms with Crippen LogP contribution in [-0.2, 0) is 10.0 Å². The lowest BCUT2D eigenvalue weighted by Crippen LogP contribution is -2.46. The van der Waals surface area contributed by atoms with E-state index >= 15 is 0 Å². The number of halogens is 3. The highest BCUT2D eigenvalue weighted by molar-refractivity contribution is 7.89. The summed E-state index contributed by atoms with van der Waals surface area (Å²) in [6.07, 6.45) is -2.12. The van der Waals surface area contributed by atoms with E-state index in [4.69, 9.17) is 0 Å². The summed E-state index contributed by atoms with van der Waals surface area (Å²) in [7, 11) is -4.52. The van der Waals surface area contributed by atoms with E-state index in [2.05, 4.69) is 4.98 Å². The van der Waals surface area contributed by atoms with E-state index in [-0.39, 0.29) is 12.8 Å². The fourth-order valence-electron chi connectivity index (χ4n) is 2.01. The third-order valence-electron chi connectivity index (χ3n) is 3.06. The van der Waals surface area contributed by atoms with Crippen molar-refractivity contribution in [3.8, 4) is 0 Å². The normalized spacial score (nSPS) is 13.1. The largest absolute Gasteiger partial charge is 0.402 e. The Balaban J connectivity index is 3.37. The molecule has 0 saturated carbocycles. The predicted octanol–water partition coefficient (Wildman–Crippen LogP) is 2.12. The standard InChI is InChI=1S/C12H17F3N2O3S/c1-3-9(4-2)17(8-12(13,14)15)21(19,20)11-7-16-6-5-10(11)18/h5-7,9H,3-4,8H2,1-2H3,(H,16,18). The van der Waals surface area contributed by atoms with Crippen LogP contribution in [0.2, 0.25) is 0 Å². The molecular weight excluding hydrogens is 309 g/mol. The molecule has 0 spiro atoms. The van der Waals surface area contributed by atoms with E-state index in [1.165, 1.54) is 6.20 Å². The van der Waals surface area contributed by atoms with Crippen molar-refractivity contribution in [2.24, 2.45) is 0 Å². The average Bonchev–Trinajstić information content (AvgIpc) is 2.38. The molecule has 1 N–H and O–H groups in total. The highest BCUT2D eigenvalue weighted by Gasteiger charge is 2.40. The summed E-state index contributed by atoms with van der Waals surface area (Å²) < 4.78 is 63.2. The minimum absolute atomic E-state index is 0.219. The molecule has 0 unspecified atom stereocenters. The number of H-pyrrole nitrogens is 1. The van der Waals surface area contributed by atoms with Crippen molar-refractivity contribution < 1.29 is 21.6 Å². The van der Waals surface area contributed by atoms with E-state index in [1.54, 1.807) is 13.8 Å². The summed E-state index contributed by atoms with van der Waals surface area (Å²) in [6, 6.07) is 0.141. The van der Waals surface area contributed by atoms with E-state index in [0.29, 0.717) is 4.31 Å². The van der Waals surface area contributed by atoms with Gasteiger partial charge in [0.2, 0.25) is 15.5 Å². The van der Waals surface area contributed by atoms with Crippen LogP contribution in [-0.4, -0.2) is 36.5 Å². The van der Waals surface area contributed by atoms with Gasteiger partial charge >= 0.3 is 6.18 Å². The molecule has 0 aromatic carbocycles. The molecule has 9 heteroatoms. The monoisotopic (exact) mass is 326 g/mol. The van der Waals surface area contributed by atoms with E-state index in [0.717, 1.165) is 12.3 Å². The van der Waals surface area contributed by atoms with Gasteiger partial charge in [0.15, 0.2) is 0 Å². The third kappa shape index (κ3) is 4.31. The van der Waals surface area contributed by atoms with E-state index in [1.807, 2.05) is 0 Å². The van der Waals surface area contributed by atoms with Gasteiger partial charge < -0.3 is 4.98 Å². The summed E-state index contributed by atoms with van der Waals surface area (Å²) in [6.45, 7) is 1.58. The number of hydrogen-bond acceptors (Lipinski definition) is 3. The van der Waals surface area contributed by atoms with Crippen LogP contribution in [0.25, 0.3) is 0 Å². The Morgan fingerprint density at radius 3 is 2.29 bits per heavy atom. The van der Waals surface area contributed by atoms with Gasteiger partial charge in [0.1, 0.15) is 11.4 Å². The van der Waals surface area contributed by atoms with Crippen molar-refractivity contribution in [3.05, 3.63) is 28.7 Å². The van der Waals surface area contributed by atoms with Crippen molar-refractivity contribution >= 4 is 10.0 Å². The summed E-state index contributed by atoms with van der Waals surface area (Å²) >= 11 is 0. The second kappa shape index (κ2) is 6.61. The fourth-order valence-corrected chi connectivity index (χ4v) is 3.81. The van der Waals surface area contributed by atoms with Crippen molar-refractivity contribution in [2.75, 3.05) is 6.54 Å². The van der Waals surface area contributed by atoms with Crippen LogP contribution < -0.4 is 5.43 Å². The molecule has 0 bridgehead atoms. The van der Waals surface area contributed by atoms with E-state index < -0.39 is 39.1 Å². The van der Waals surface area contributed by atoms with Crippen LogP contribution in [0.15, 0.2) is 28.2 Å². The SMILES string of the molecule is CCC(CC)N(CC(F)(F)F)S(=O)(=O)c1c[nH]ccc1=O. The van der Waals surface area contributed by atoms with Crippen LogP contribution in [0.4, 0.5) is 13.2 Å². The number of rotatable bonds is 6. The van der Waals surface area contributed by atoms with Crippen LogP contribution in [0.3, 0.4) is 0 Å². The molecule has 0 aliphatic heterocycles. The summed E-state index contributed by atoms with van der Waals surface area (Å²) in [5.41, 5.74) is -0.841. The maximum atomic E-state index is 12.7. The number of nitrogens with zero attached hydrogens (tertiary/aromatic N) is 1. The first-order chi connectivity index (χ1) is 9.63. The lowest BCUT2D eigenvalue weighted by Gasteiger charge is -2.29. The van der Waals surface area contributed by atoms with Gasteiger partial charge in [-0.05, 0) is 12.8 Å². The topological polar surface area (TPSA) is 70.2 Å². The maximum absolute atomic E-state index is 12.7. The number of sulfonamides is 1. The van der Waals surface area contributed by atoms with Crippen molar-refractivity contribution in [1.29, 1.82) is 0 Å². The summed E-state index contributed by atoms with van der Waals surface area (Å²) in [5, 5.41) is 0. The Hall–Kier alpha value is -1.35. The number of nitrogens with one attached hydrogen (secondary N) is 1. The lowest BCUT2D eigenvalue weighted by molar-refractivity contribution is -0.139. The van der Waals surface area contributed by atoms with Gasteiger partial charge in [-0.1, -0.05) is 13.8 Å². The molecule has 1 rings (SSSR count). The highest BCUT2D eigenvalue weighted by atomic mass is 32.2. The number of alkyl halides is 3. The second-order valence-corrected chi connectivity index (χ2v) is 6.37. The first-order valence-corrected chi connectivity index (χ1v) is 7.83. The predicted molar refractivity (Wildman–Crippen MR) is 71.4 cm³/mol. The van der Waals surface area contributed by atoms with Crippen molar-refractivity contribution in [2.45, 2.75) is 43.8 Å². The number of aromatic amines is 1. The molecule has 0 saturated heterocycles. The Bertz CT molecular complexity index is 621. The molecule has 0 radical (unpaired) electrons. The molecule has 1 heterocycles. The summed E-state index contributed by atoms with van der Waals surface area (Å²) in [4.78, 5) is 13.4. The summed E-state index contributed by atoms with van der Waals surface area (Å²) in [5.74, 6) is 0.